The van der Waals surface area contributed by atoms with Gasteiger partial charge in [0.05, 0.1) is 19.1 Å². The summed E-state index contributed by atoms with van der Waals surface area (Å²) in [5.74, 6) is 1.29. The number of halogens is 1. The number of hydrogen-bond donors (Lipinski definition) is 0. The van der Waals surface area contributed by atoms with Crippen molar-refractivity contribution in [2.75, 3.05) is 25.7 Å². The molecule has 1 aromatic carbocycles. The van der Waals surface area contributed by atoms with E-state index in [1.807, 2.05) is 24.3 Å². The summed E-state index contributed by atoms with van der Waals surface area (Å²) in [6.07, 6.45) is -0.246. The molecule has 1 fully saturated rings. The lowest BCUT2D eigenvalue weighted by molar-refractivity contribution is -0.0442. The van der Waals surface area contributed by atoms with Gasteiger partial charge in [0.25, 0.3) is 0 Å². The van der Waals surface area contributed by atoms with Gasteiger partial charge in [0, 0.05) is 5.56 Å². The minimum Gasteiger partial charge on any atom is -0.492 e. The molecular weight excluding hydrogens is 216 g/mol. The fraction of sp³-hybridized carbons (Fsp3) is 0.455. The molecule has 1 aliphatic heterocycles. The molecule has 0 bridgehead atoms. The van der Waals surface area contributed by atoms with Crippen molar-refractivity contribution in [2.45, 2.75) is 6.29 Å². The topological polar surface area (TPSA) is 27.7 Å². The molecule has 0 amide bonds. The Bertz CT molecular complexity index is 310. The van der Waals surface area contributed by atoms with Crippen LogP contribution in [-0.4, -0.2) is 25.7 Å². The highest BCUT2D eigenvalue weighted by atomic mass is 35.5. The molecule has 15 heavy (non-hydrogen) atoms. The normalized spacial score (nSPS) is 16.9. The molecule has 0 saturated carbocycles. The van der Waals surface area contributed by atoms with E-state index in [9.17, 15) is 0 Å². The van der Waals surface area contributed by atoms with Gasteiger partial charge in [-0.15, -0.1) is 11.6 Å². The van der Waals surface area contributed by atoms with Gasteiger partial charge >= 0.3 is 0 Å². The second-order valence-electron chi connectivity index (χ2n) is 3.18. The van der Waals surface area contributed by atoms with Crippen LogP contribution in [0.5, 0.6) is 5.75 Å². The number of benzene rings is 1. The van der Waals surface area contributed by atoms with Gasteiger partial charge in [-0.05, 0) is 12.1 Å². The molecule has 1 heterocycles. The first-order valence-electron chi connectivity index (χ1n) is 4.92. The van der Waals surface area contributed by atoms with E-state index in [0.717, 1.165) is 11.3 Å². The van der Waals surface area contributed by atoms with E-state index >= 15 is 0 Å². The third-order valence-electron chi connectivity index (χ3n) is 2.10. The minimum atomic E-state index is -0.246. The Labute approximate surface area is 93.9 Å². The average Bonchev–Trinajstić information content (AvgIpc) is 2.80. The lowest BCUT2D eigenvalue weighted by Gasteiger charge is -2.11. The third-order valence-corrected chi connectivity index (χ3v) is 2.25. The maximum Gasteiger partial charge on any atom is 0.184 e. The Morgan fingerprint density at radius 3 is 2.87 bits per heavy atom. The first-order chi connectivity index (χ1) is 7.40. The van der Waals surface area contributed by atoms with Crippen LogP contribution in [0.25, 0.3) is 0 Å². The smallest absolute Gasteiger partial charge is 0.184 e. The van der Waals surface area contributed by atoms with Crippen LogP contribution in [0.2, 0.25) is 0 Å². The zero-order valence-electron chi connectivity index (χ0n) is 8.32. The van der Waals surface area contributed by atoms with E-state index in [0.29, 0.717) is 25.7 Å². The Kier molecular flexibility index (Phi) is 3.83. The molecule has 4 heteroatoms. The molecule has 1 saturated heterocycles. The van der Waals surface area contributed by atoms with Gasteiger partial charge in [0.1, 0.15) is 12.4 Å². The second-order valence-corrected chi connectivity index (χ2v) is 3.56. The van der Waals surface area contributed by atoms with Crippen molar-refractivity contribution < 1.29 is 14.2 Å². The lowest BCUT2D eigenvalue weighted by atomic mass is 10.2. The van der Waals surface area contributed by atoms with E-state index in [-0.39, 0.29) is 6.29 Å². The molecule has 0 radical (unpaired) electrons. The molecule has 1 aliphatic rings. The molecule has 0 unspecified atom stereocenters. The summed E-state index contributed by atoms with van der Waals surface area (Å²) in [7, 11) is 0. The zero-order chi connectivity index (χ0) is 10.5. The third kappa shape index (κ3) is 2.84. The predicted molar refractivity (Wildman–Crippen MR) is 57.3 cm³/mol. The maximum atomic E-state index is 5.54. The van der Waals surface area contributed by atoms with Crippen molar-refractivity contribution in [1.82, 2.24) is 0 Å². The quantitative estimate of drug-likeness (QED) is 0.741. The monoisotopic (exact) mass is 228 g/mol. The highest BCUT2D eigenvalue weighted by Gasteiger charge is 2.18. The van der Waals surface area contributed by atoms with Crippen LogP contribution < -0.4 is 4.74 Å². The highest BCUT2D eigenvalue weighted by Crippen LogP contribution is 2.26. The predicted octanol–water partition coefficient (Wildman–Crippen LogP) is 2.35. The van der Waals surface area contributed by atoms with Crippen molar-refractivity contribution in [3.8, 4) is 5.75 Å². The van der Waals surface area contributed by atoms with Crippen LogP contribution in [0, 0.1) is 0 Å². The largest absolute Gasteiger partial charge is 0.492 e. The number of rotatable bonds is 4. The van der Waals surface area contributed by atoms with Crippen LogP contribution in [0.15, 0.2) is 24.3 Å². The van der Waals surface area contributed by atoms with Gasteiger partial charge < -0.3 is 14.2 Å². The van der Waals surface area contributed by atoms with E-state index in [2.05, 4.69) is 0 Å². The van der Waals surface area contributed by atoms with E-state index < -0.39 is 0 Å². The summed E-state index contributed by atoms with van der Waals surface area (Å²) in [6, 6.07) is 7.70. The maximum absolute atomic E-state index is 5.54. The van der Waals surface area contributed by atoms with Crippen LogP contribution in [-0.2, 0) is 9.47 Å². The van der Waals surface area contributed by atoms with E-state index in [1.165, 1.54) is 0 Å². The first kappa shape index (κ1) is 10.7. The van der Waals surface area contributed by atoms with Crippen molar-refractivity contribution >= 4 is 11.6 Å². The summed E-state index contributed by atoms with van der Waals surface area (Å²) in [4.78, 5) is 0. The van der Waals surface area contributed by atoms with Gasteiger partial charge in [-0.3, -0.25) is 0 Å². The number of hydrogen-bond acceptors (Lipinski definition) is 3. The molecule has 82 valence electrons. The Hall–Kier alpha value is -0.770. The average molecular weight is 229 g/mol. The van der Waals surface area contributed by atoms with Crippen LogP contribution in [0.3, 0.4) is 0 Å². The summed E-state index contributed by atoms with van der Waals surface area (Å²) < 4.78 is 16.2. The van der Waals surface area contributed by atoms with E-state index in [1.54, 1.807) is 0 Å². The van der Waals surface area contributed by atoms with Crippen LogP contribution in [0.1, 0.15) is 11.9 Å². The first-order valence-corrected chi connectivity index (χ1v) is 5.45. The molecule has 2 rings (SSSR count). The van der Waals surface area contributed by atoms with Crippen LogP contribution >= 0.6 is 11.6 Å². The second kappa shape index (κ2) is 5.35. The fourth-order valence-electron chi connectivity index (χ4n) is 1.46. The molecule has 0 N–H and O–H groups in total. The fourth-order valence-corrected chi connectivity index (χ4v) is 1.54. The summed E-state index contributed by atoms with van der Waals surface area (Å²) in [5.41, 5.74) is 0.986. The number of ether oxygens (including phenoxy) is 3. The molecule has 0 aromatic heterocycles. The minimum absolute atomic E-state index is 0.246. The van der Waals surface area contributed by atoms with Gasteiger partial charge in [0.15, 0.2) is 6.29 Å². The van der Waals surface area contributed by atoms with Crippen molar-refractivity contribution in [3.05, 3.63) is 29.8 Å². The van der Waals surface area contributed by atoms with Gasteiger partial charge in [-0.1, -0.05) is 12.1 Å². The Balaban J connectivity index is 2.04. The Morgan fingerprint density at radius 1 is 1.33 bits per heavy atom. The van der Waals surface area contributed by atoms with Crippen LogP contribution in [0.4, 0.5) is 0 Å². The van der Waals surface area contributed by atoms with Gasteiger partial charge in [-0.25, -0.2) is 0 Å². The summed E-state index contributed by atoms with van der Waals surface area (Å²) >= 11 is 5.54. The molecule has 0 atom stereocenters. The van der Waals surface area contributed by atoms with Gasteiger partial charge in [0.2, 0.25) is 0 Å². The molecule has 0 aliphatic carbocycles. The lowest BCUT2D eigenvalue weighted by Crippen LogP contribution is -2.01. The highest BCUT2D eigenvalue weighted by molar-refractivity contribution is 6.17. The summed E-state index contributed by atoms with van der Waals surface area (Å²) in [6.45, 7) is 1.81. The molecule has 1 aromatic rings. The summed E-state index contributed by atoms with van der Waals surface area (Å²) in [5, 5.41) is 0. The molecule has 3 nitrogen and oxygen atoms in total. The number of alkyl halides is 1. The van der Waals surface area contributed by atoms with Crippen molar-refractivity contribution in [1.29, 1.82) is 0 Å². The Morgan fingerprint density at radius 2 is 2.13 bits per heavy atom. The SMILES string of the molecule is ClCCOc1cccc(C2OCCO2)c1. The zero-order valence-corrected chi connectivity index (χ0v) is 9.07. The van der Waals surface area contributed by atoms with Crippen molar-refractivity contribution in [3.63, 3.8) is 0 Å². The molecule has 0 spiro atoms. The van der Waals surface area contributed by atoms with Crippen molar-refractivity contribution in [2.24, 2.45) is 0 Å². The molecular formula is C11H13ClO3. The standard InChI is InChI=1S/C11H13ClO3/c12-4-5-13-10-3-1-2-9(8-10)11-14-6-7-15-11/h1-3,8,11H,4-7H2. The van der Waals surface area contributed by atoms with Gasteiger partial charge in [-0.2, -0.15) is 0 Å². The van der Waals surface area contributed by atoms with E-state index in [4.69, 9.17) is 25.8 Å².